The summed E-state index contributed by atoms with van der Waals surface area (Å²) in [6.07, 6.45) is 4.86. The zero-order chi connectivity index (χ0) is 13.9. The second-order valence-corrected chi connectivity index (χ2v) is 6.11. The molecule has 0 aromatic carbocycles. The summed E-state index contributed by atoms with van der Waals surface area (Å²) in [5.41, 5.74) is 1.28. The molecule has 2 fully saturated rings. The number of likely N-dealkylation sites (tertiary alicyclic amines) is 1. The van der Waals surface area contributed by atoms with Crippen LogP contribution in [0.4, 0.5) is 0 Å². The highest BCUT2D eigenvalue weighted by atomic mass is 16.5. The minimum atomic E-state index is -0.0949. The van der Waals surface area contributed by atoms with Crippen molar-refractivity contribution in [2.45, 2.75) is 38.7 Å². The number of piperidine rings is 1. The van der Waals surface area contributed by atoms with Crippen molar-refractivity contribution in [2.75, 3.05) is 39.8 Å². The van der Waals surface area contributed by atoms with Gasteiger partial charge >= 0.3 is 0 Å². The number of rotatable bonds is 2. The third-order valence-corrected chi connectivity index (χ3v) is 4.20. The molecule has 2 aliphatic heterocycles. The van der Waals surface area contributed by atoms with Gasteiger partial charge in [0.1, 0.15) is 0 Å². The molecule has 2 heterocycles. The van der Waals surface area contributed by atoms with Crippen LogP contribution in [0.5, 0.6) is 0 Å². The van der Waals surface area contributed by atoms with E-state index in [0.29, 0.717) is 13.0 Å². The zero-order valence-corrected chi connectivity index (χ0v) is 12.4. The molecule has 0 radical (unpaired) electrons. The molecule has 0 N–H and O–H groups in total. The summed E-state index contributed by atoms with van der Waals surface area (Å²) >= 11 is 0. The fourth-order valence-electron chi connectivity index (χ4n) is 2.87. The van der Waals surface area contributed by atoms with Gasteiger partial charge in [0.15, 0.2) is 0 Å². The molecule has 2 saturated heterocycles. The monoisotopic (exact) mass is 266 g/mol. The minimum Gasteiger partial charge on any atom is -0.373 e. The van der Waals surface area contributed by atoms with Crippen LogP contribution in [0.15, 0.2) is 11.6 Å². The van der Waals surface area contributed by atoms with Gasteiger partial charge in [-0.3, -0.25) is 9.69 Å². The number of hydrogen-bond donors (Lipinski definition) is 0. The molecule has 0 unspecified atom stereocenters. The molecule has 1 amide bonds. The van der Waals surface area contributed by atoms with Gasteiger partial charge in [0, 0.05) is 33.2 Å². The van der Waals surface area contributed by atoms with Gasteiger partial charge in [0.25, 0.3) is 0 Å². The summed E-state index contributed by atoms with van der Waals surface area (Å²) in [5, 5.41) is 0. The van der Waals surface area contributed by atoms with Crippen molar-refractivity contribution in [2.24, 2.45) is 0 Å². The summed E-state index contributed by atoms with van der Waals surface area (Å²) in [7, 11) is 1.90. The molecule has 0 bridgehead atoms. The average Bonchev–Trinajstić information content (AvgIpc) is 2.50. The van der Waals surface area contributed by atoms with Gasteiger partial charge in [-0.15, -0.1) is 0 Å². The molecule has 0 aliphatic carbocycles. The molecule has 0 saturated carbocycles. The van der Waals surface area contributed by atoms with Crippen molar-refractivity contribution in [3.05, 3.63) is 11.6 Å². The largest absolute Gasteiger partial charge is 0.373 e. The number of amides is 1. The van der Waals surface area contributed by atoms with Crippen LogP contribution < -0.4 is 0 Å². The fraction of sp³-hybridized carbons (Fsp3) is 0.800. The number of hydrogen-bond acceptors (Lipinski definition) is 3. The number of carbonyl (C=O) groups is 1. The van der Waals surface area contributed by atoms with E-state index in [4.69, 9.17) is 4.74 Å². The number of allylic oxidation sites excluding steroid dienone is 1. The molecule has 4 heteroatoms. The highest BCUT2D eigenvalue weighted by Crippen LogP contribution is 2.29. The van der Waals surface area contributed by atoms with E-state index >= 15 is 0 Å². The third kappa shape index (κ3) is 3.80. The summed E-state index contributed by atoms with van der Waals surface area (Å²) in [6, 6.07) is 0. The van der Waals surface area contributed by atoms with E-state index in [9.17, 15) is 4.79 Å². The summed E-state index contributed by atoms with van der Waals surface area (Å²) in [6.45, 7) is 8.77. The Kier molecular flexibility index (Phi) is 4.63. The molecule has 0 aromatic rings. The summed E-state index contributed by atoms with van der Waals surface area (Å²) in [4.78, 5) is 16.0. The second-order valence-electron chi connectivity index (χ2n) is 6.11. The van der Waals surface area contributed by atoms with Crippen LogP contribution in [0.25, 0.3) is 0 Å². The van der Waals surface area contributed by atoms with Gasteiger partial charge in [0.2, 0.25) is 5.91 Å². The van der Waals surface area contributed by atoms with E-state index < -0.39 is 0 Å². The minimum absolute atomic E-state index is 0.0949. The van der Waals surface area contributed by atoms with Crippen LogP contribution in [-0.2, 0) is 9.53 Å². The first kappa shape index (κ1) is 14.5. The van der Waals surface area contributed by atoms with E-state index in [-0.39, 0.29) is 11.5 Å². The van der Waals surface area contributed by atoms with Crippen molar-refractivity contribution < 1.29 is 9.53 Å². The van der Waals surface area contributed by atoms with Gasteiger partial charge in [-0.2, -0.15) is 0 Å². The lowest BCUT2D eigenvalue weighted by Gasteiger charge is -2.41. The number of likely N-dealkylation sites (N-methyl/N-ethyl adjacent to an activating group) is 1. The Hall–Kier alpha value is -0.870. The van der Waals surface area contributed by atoms with Crippen LogP contribution in [-0.4, -0.2) is 61.1 Å². The van der Waals surface area contributed by atoms with Crippen LogP contribution in [0, 0.1) is 0 Å². The van der Waals surface area contributed by atoms with Crippen LogP contribution in [0.2, 0.25) is 0 Å². The molecule has 19 heavy (non-hydrogen) atoms. The maximum Gasteiger partial charge on any atom is 0.224 e. The lowest BCUT2D eigenvalue weighted by atomic mass is 9.90. The van der Waals surface area contributed by atoms with Crippen molar-refractivity contribution in [1.82, 2.24) is 9.80 Å². The van der Waals surface area contributed by atoms with E-state index in [2.05, 4.69) is 24.8 Å². The fourth-order valence-corrected chi connectivity index (χ4v) is 2.87. The van der Waals surface area contributed by atoms with Crippen LogP contribution in [0.3, 0.4) is 0 Å². The predicted molar refractivity (Wildman–Crippen MR) is 76.0 cm³/mol. The first-order valence-corrected chi connectivity index (χ1v) is 7.24. The third-order valence-electron chi connectivity index (χ3n) is 4.20. The molecular weight excluding hydrogens is 240 g/mol. The number of nitrogens with zero attached hydrogens (tertiary/aromatic N) is 2. The number of carbonyl (C=O) groups excluding carboxylic acids is 1. The maximum atomic E-state index is 11.7. The smallest absolute Gasteiger partial charge is 0.224 e. The average molecular weight is 266 g/mol. The Bertz CT molecular complexity index is 353. The van der Waals surface area contributed by atoms with E-state index in [1.165, 1.54) is 5.57 Å². The van der Waals surface area contributed by atoms with Crippen molar-refractivity contribution in [3.8, 4) is 0 Å². The molecule has 0 atom stereocenters. The van der Waals surface area contributed by atoms with Crippen LogP contribution >= 0.6 is 0 Å². The lowest BCUT2D eigenvalue weighted by Crippen LogP contribution is -2.51. The topological polar surface area (TPSA) is 32.8 Å². The van der Waals surface area contributed by atoms with Gasteiger partial charge in [0.05, 0.1) is 18.6 Å². The van der Waals surface area contributed by atoms with E-state index in [0.717, 1.165) is 39.0 Å². The van der Waals surface area contributed by atoms with Gasteiger partial charge in [-0.25, -0.2) is 0 Å². The normalized spacial score (nSPS) is 24.4. The Morgan fingerprint density at radius 1 is 1.37 bits per heavy atom. The first-order valence-electron chi connectivity index (χ1n) is 7.24. The highest BCUT2D eigenvalue weighted by Gasteiger charge is 2.39. The second kappa shape index (κ2) is 6.06. The maximum absolute atomic E-state index is 11.7. The van der Waals surface area contributed by atoms with Crippen LogP contribution in [0.1, 0.15) is 33.1 Å². The van der Waals surface area contributed by atoms with Gasteiger partial charge in [-0.1, -0.05) is 11.6 Å². The summed E-state index contributed by atoms with van der Waals surface area (Å²) in [5.74, 6) is 0.212. The lowest BCUT2D eigenvalue weighted by molar-refractivity contribution is -0.130. The highest BCUT2D eigenvalue weighted by molar-refractivity contribution is 5.76. The van der Waals surface area contributed by atoms with Gasteiger partial charge < -0.3 is 9.64 Å². The van der Waals surface area contributed by atoms with Crippen molar-refractivity contribution >= 4 is 5.91 Å². The molecule has 2 aliphatic rings. The standard InChI is InChI=1S/C15H26N2O2/c1-13(2)4-8-17-9-6-15(7-10-17)12-16(3)14(18)5-11-19-15/h4H,5-12H2,1-3H3. The zero-order valence-electron chi connectivity index (χ0n) is 12.4. The van der Waals surface area contributed by atoms with Crippen molar-refractivity contribution in [1.29, 1.82) is 0 Å². The van der Waals surface area contributed by atoms with E-state index in [1.54, 1.807) is 0 Å². The Balaban J connectivity index is 1.90. The molecular formula is C15H26N2O2. The summed E-state index contributed by atoms with van der Waals surface area (Å²) < 4.78 is 6.04. The molecule has 108 valence electrons. The molecule has 4 nitrogen and oxygen atoms in total. The van der Waals surface area contributed by atoms with E-state index in [1.807, 2.05) is 11.9 Å². The Labute approximate surface area is 116 Å². The molecule has 1 spiro atoms. The first-order chi connectivity index (χ1) is 9.01. The molecule has 0 aromatic heterocycles. The van der Waals surface area contributed by atoms with Crippen molar-refractivity contribution in [3.63, 3.8) is 0 Å². The Morgan fingerprint density at radius 3 is 2.68 bits per heavy atom. The SMILES string of the molecule is CC(C)=CCN1CCC2(CC1)CN(C)C(=O)CCO2. The van der Waals surface area contributed by atoms with Gasteiger partial charge in [-0.05, 0) is 26.7 Å². The predicted octanol–water partition coefficient (Wildman–Crippen LogP) is 1.67. The number of ether oxygens (including phenoxy) is 1. The molecule has 2 rings (SSSR count). The Morgan fingerprint density at radius 2 is 2.05 bits per heavy atom. The quantitative estimate of drug-likeness (QED) is 0.713.